The van der Waals surface area contributed by atoms with Crippen molar-refractivity contribution in [2.75, 3.05) is 6.61 Å². The van der Waals surface area contributed by atoms with Gasteiger partial charge >= 0.3 is 5.97 Å². The van der Waals surface area contributed by atoms with Gasteiger partial charge in [0.1, 0.15) is 6.04 Å². The molecule has 4 nitrogen and oxygen atoms in total. The standard InChI is InChI=1S/C17H19NO3S/c1-2-21-17(20)15(10-13-6-4-3-5-7-13)18-16(19)11-14-8-9-22-12-14/h3-9,12,15H,2,10-11H2,1H3,(H,18,19). The lowest BCUT2D eigenvalue weighted by molar-refractivity contribution is -0.147. The highest BCUT2D eigenvalue weighted by molar-refractivity contribution is 7.07. The van der Waals surface area contributed by atoms with Crippen LogP contribution in [0.3, 0.4) is 0 Å². The number of benzene rings is 1. The average molecular weight is 317 g/mol. The zero-order valence-electron chi connectivity index (χ0n) is 12.5. The first-order valence-electron chi connectivity index (χ1n) is 7.20. The van der Waals surface area contributed by atoms with Crippen molar-refractivity contribution in [3.05, 3.63) is 58.3 Å². The molecule has 1 aromatic heterocycles. The smallest absolute Gasteiger partial charge is 0.328 e. The number of thiophene rings is 1. The number of carbonyl (C=O) groups is 2. The second kappa shape index (κ2) is 8.34. The monoisotopic (exact) mass is 317 g/mol. The van der Waals surface area contributed by atoms with Gasteiger partial charge in [0.15, 0.2) is 0 Å². The van der Waals surface area contributed by atoms with Gasteiger partial charge in [-0.15, -0.1) is 0 Å². The number of hydrogen-bond donors (Lipinski definition) is 1. The van der Waals surface area contributed by atoms with Crippen LogP contribution in [-0.4, -0.2) is 24.5 Å². The van der Waals surface area contributed by atoms with Gasteiger partial charge in [-0.05, 0) is 34.9 Å². The number of nitrogens with one attached hydrogen (secondary N) is 1. The highest BCUT2D eigenvalue weighted by Gasteiger charge is 2.22. The lowest BCUT2D eigenvalue weighted by Gasteiger charge is -2.17. The van der Waals surface area contributed by atoms with Crippen molar-refractivity contribution in [1.29, 1.82) is 0 Å². The van der Waals surface area contributed by atoms with Crippen LogP contribution in [0.25, 0.3) is 0 Å². The molecule has 2 rings (SSSR count). The summed E-state index contributed by atoms with van der Waals surface area (Å²) in [5.74, 6) is -0.572. The maximum absolute atomic E-state index is 12.1. The van der Waals surface area contributed by atoms with Crippen LogP contribution in [-0.2, 0) is 27.2 Å². The first-order chi connectivity index (χ1) is 10.7. The molecule has 0 radical (unpaired) electrons. The Balaban J connectivity index is 2.00. The number of esters is 1. The van der Waals surface area contributed by atoms with Gasteiger partial charge in [-0.1, -0.05) is 30.3 Å². The SMILES string of the molecule is CCOC(=O)C(Cc1ccccc1)NC(=O)Cc1ccsc1. The summed E-state index contributed by atoms with van der Waals surface area (Å²) in [5.41, 5.74) is 1.93. The minimum atomic E-state index is -0.659. The average Bonchev–Trinajstić information content (AvgIpc) is 3.00. The molecule has 0 fully saturated rings. The van der Waals surface area contributed by atoms with Gasteiger partial charge in [-0.3, -0.25) is 4.79 Å². The van der Waals surface area contributed by atoms with Gasteiger partial charge in [-0.2, -0.15) is 11.3 Å². The van der Waals surface area contributed by atoms with E-state index in [4.69, 9.17) is 4.74 Å². The number of ether oxygens (including phenoxy) is 1. The van der Waals surface area contributed by atoms with E-state index < -0.39 is 12.0 Å². The third kappa shape index (κ3) is 5.00. The van der Waals surface area contributed by atoms with Crippen molar-refractivity contribution in [2.24, 2.45) is 0 Å². The highest BCUT2D eigenvalue weighted by Crippen LogP contribution is 2.08. The molecule has 116 valence electrons. The van der Waals surface area contributed by atoms with Crippen LogP contribution in [0.4, 0.5) is 0 Å². The Morgan fingerprint density at radius 2 is 1.95 bits per heavy atom. The number of rotatable bonds is 7. The lowest BCUT2D eigenvalue weighted by Crippen LogP contribution is -2.44. The summed E-state index contributed by atoms with van der Waals surface area (Å²) in [7, 11) is 0. The van der Waals surface area contributed by atoms with Gasteiger partial charge < -0.3 is 10.1 Å². The van der Waals surface area contributed by atoms with Crippen molar-refractivity contribution in [3.63, 3.8) is 0 Å². The molecular weight excluding hydrogens is 298 g/mol. The van der Waals surface area contributed by atoms with E-state index in [9.17, 15) is 9.59 Å². The van der Waals surface area contributed by atoms with Gasteiger partial charge in [0.05, 0.1) is 13.0 Å². The fourth-order valence-corrected chi connectivity index (χ4v) is 2.78. The molecule has 1 atom stereocenters. The summed E-state index contributed by atoms with van der Waals surface area (Å²) >= 11 is 1.55. The summed E-state index contributed by atoms with van der Waals surface area (Å²) in [5, 5.41) is 6.63. The molecule has 1 unspecified atom stereocenters. The molecule has 1 amide bonds. The Labute approximate surface area is 134 Å². The minimum Gasteiger partial charge on any atom is -0.464 e. The third-order valence-electron chi connectivity index (χ3n) is 3.13. The number of amides is 1. The maximum Gasteiger partial charge on any atom is 0.328 e. The first-order valence-corrected chi connectivity index (χ1v) is 8.14. The number of carbonyl (C=O) groups excluding carboxylic acids is 2. The maximum atomic E-state index is 12.1. The zero-order valence-corrected chi connectivity index (χ0v) is 13.3. The van der Waals surface area contributed by atoms with E-state index in [0.717, 1.165) is 11.1 Å². The van der Waals surface area contributed by atoms with E-state index in [1.54, 1.807) is 18.3 Å². The lowest BCUT2D eigenvalue weighted by atomic mass is 10.1. The predicted octanol–water partition coefficient (Wildman–Crippen LogP) is 2.58. The summed E-state index contributed by atoms with van der Waals surface area (Å²) in [6.07, 6.45) is 0.698. The Morgan fingerprint density at radius 1 is 1.18 bits per heavy atom. The molecule has 0 spiro atoms. The molecular formula is C17H19NO3S. The Bertz CT molecular complexity index is 596. The summed E-state index contributed by atoms with van der Waals surface area (Å²) in [6.45, 7) is 2.05. The highest BCUT2D eigenvalue weighted by atomic mass is 32.1. The largest absolute Gasteiger partial charge is 0.464 e. The van der Waals surface area contributed by atoms with Crippen LogP contribution >= 0.6 is 11.3 Å². The minimum absolute atomic E-state index is 0.174. The molecule has 0 bridgehead atoms. The van der Waals surface area contributed by atoms with E-state index in [0.29, 0.717) is 13.0 Å². The van der Waals surface area contributed by atoms with Crippen molar-refractivity contribution >= 4 is 23.2 Å². The first kappa shape index (κ1) is 16.2. The fourth-order valence-electron chi connectivity index (χ4n) is 2.11. The number of hydrogen-bond acceptors (Lipinski definition) is 4. The quantitative estimate of drug-likeness (QED) is 0.799. The van der Waals surface area contributed by atoms with E-state index in [1.807, 2.05) is 47.2 Å². The van der Waals surface area contributed by atoms with E-state index in [2.05, 4.69) is 5.32 Å². The molecule has 0 aliphatic heterocycles. The summed E-state index contributed by atoms with van der Waals surface area (Å²) in [6, 6.07) is 10.8. The normalized spacial score (nSPS) is 11.7. The Hall–Kier alpha value is -2.14. The Kier molecular flexibility index (Phi) is 6.15. The summed E-state index contributed by atoms with van der Waals surface area (Å²) in [4.78, 5) is 24.2. The van der Waals surface area contributed by atoms with Gasteiger partial charge in [0, 0.05) is 6.42 Å². The van der Waals surface area contributed by atoms with Crippen molar-refractivity contribution in [1.82, 2.24) is 5.32 Å². The molecule has 22 heavy (non-hydrogen) atoms. The Morgan fingerprint density at radius 3 is 2.59 bits per heavy atom. The van der Waals surface area contributed by atoms with Gasteiger partial charge in [-0.25, -0.2) is 4.79 Å². The third-order valence-corrected chi connectivity index (χ3v) is 3.87. The molecule has 5 heteroatoms. The van der Waals surface area contributed by atoms with E-state index in [-0.39, 0.29) is 12.3 Å². The van der Waals surface area contributed by atoms with Crippen molar-refractivity contribution < 1.29 is 14.3 Å². The molecule has 1 aromatic carbocycles. The molecule has 1 heterocycles. The van der Waals surface area contributed by atoms with E-state index >= 15 is 0 Å². The molecule has 2 aromatic rings. The zero-order chi connectivity index (χ0) is 15.8. The van der Waals surface area contributed by atoms with Gasteiger partial charge in [0.2, 0.25) is 5.91 Å². The van der Waals surface area contributed by atoms with Crippen LogP contribution in [0.1, 0.15) is 18.1 Å². The van der Waals surface area contributed by atoms with Crippen LogP contribution in [0.15, 0.2) is 47.2 Å². The van der Waals surface area contributed by atoms with E-state index in [1.165, 1.54) is 0 Å². The summed E-state index contributed by atoms with van der Waals surface area (Å²) < 4.78 is 5.06. The topological polar surface area (TPSA) is 55.4 Å². The van der Waals surface area contributed by atoms with Crippen LogP contribution in [0, 0.1) is 0 Å². The van der Waals surface area contributed by atoms with Crippen molar-refractivity contribution in [3.8, 4) is 0 Å². The second-order valence-electron chi connectivity index (χ2n) is 4.87. The molecule has 0 saturated heterocycles. The molecule has 0 saturated carbocycles. The van der Waals surface area contributed by atoms with Gasteiger partial charge in [0.25, 0.3) is 0 Å². The fraction of sp³-hybridized carbons (Fsp3) is 0.294. The van der Waals surface area contributed by atoms with Crippen molar-refractivity contribution in [2.45, 2.75) is 25.8 Å². The van der Waals surface area contributed by atoms with Crippen LogP contribution < -0.4 is 5.32 Å². The second-order valence-corrected chi connectivity index (χ2v) is 5.65. The van der Waals surface area contributed by atoms with Crippen LogP contribution in [0.5, 0.6) is 0 Å². The predicted molar refractivity (Wildman–Crippen MR) is 86.7 cm³/mol. The molecule has 0 aliphatic rings. The van der Waals surface area contributed by atoms with Crippen LogP contribution in [0.2, 0.25) is 0 Å². The molecule has 0 aliphatic carbocycles. The molecule has 1 N–H and O–H groups in total.